The molecule has 16 heavy (non-hydrogen) atoms. The number of carbonyl (C=O) groups excluding carboxylic acids is 1. The van der Waals surface area contributed by atoms with Crippen LogP contribution in [-0.2, 0) is 4.74 Å². The second-order valence-electron chi connectivity index (χ2n) is 2.82. The zero-order chi connectivity index (χ0) is 12.3. The Morgan fingerprint density at radius 3 is 2.44 bits per heavy atom. The summed E-state index contributed by atoms with van der Waals surface area (Å²) in [7, 11) is 0. The lowest BCUT2D eigenvalue weighted by atomic mass is 10.2. The van der Waals surface area contributed by atoms with Crippen LogP contribution < -0.4 is 0 Å². The second kappa shape index (κ2) is 6.05. The Bertz CT molecular complexity index is 404. The minimum absolute atomic E-state index is 0.102. The van der Waals surface area contributed by atoms with Crippen molar-refractivity contribution in [2.24, 2.45) is 0 Å². The lowest BCUT2D eigenvalue weighted by Gasteiger charge is -2.12. The molecule has 0 N–H and O–H groups in total. The maximum absolute atomic E-state index is 11.6. The zero-order valence-electron chi connectivity index (χ0n) is 7.65. The number of benzene rings is 1. The molecule has 0 fully saturated rings. The average Bonchev–Trinajstić information content (AvgIpc) is 2.13. The van der Waals surface area contributed by atoms with Crippen molar-refractivity contribution in [2.75, 3.05) is 6.61 Å². The molecule has 0 heterocycles. The van der Waals surface area contributed by atoms with Gasteiger partial charge in [-0.3, -0.25) is 0 Å². The number of hydrogen-bond acceptors (Lipinski definition) is 2. The molecule has 0 saturated heterocycles. The van der Waals surface area contributed by atoms with Gasteiger partial charge in [0.05, 0.1) is 10.6 Å². The highest BCUT2D eigenvalue weighted by Crippen LogP contribution is 2.34. The van der Waals surface area contributed by atoms with Gasteiger partial charge in [-0.25, -0.2) is 4.79 Å². The molecule has 1 aromatic carbocycles. The number of carbonyl (C=O) groups is 1. The topological polar surface area (TPSA) is 26.3 Å². The van der Waals surface area contributed by atoms with Crippen LogP contribution in [0.15, 0.2) is 18.2 Å². The Labute approximate surface area is 128 Å². The zero-order valence-corrected chi connectivity index (χ0v) is 13.9. The predicted octanol–water partition coefficient (Wildman–Crippen LogP) is 4.99. The molecule has 0 bridgehead atoms. The first kappa shape index (κ1) is 14.8. The lowest BCUT2D eigenvalue weighted by Crippen LogP contribution is -2.16. The van der Waals surface area contributed by atoms with Gasteiger partial charge >= 0.3 is 5.97 Å². The van der Waals surface area contributed by atoms with Gasteiger partial charge in [-0.05, 0) is 18.2 Å². The molecular weight excluding hydrogens is 451 g/mol. The van der Waals surface area contributed by atoms with Gasteiger partial charge in [-0.1, -0.05) is 71.0 Å². The fourth-order valence-electron chi connectivity index (χ4n) is 0.880. The third kappa shape index (κ3) is 4.92. The fourth-order valence-corrected chi connectivity index (χ4v) is 1.71. The van der Waals surface area contributed by atoms with Crippen LogP contribution in [0.2, 0.25) is 10.0 Å². The number of alkyl halides is 3. The van der Waals surface area contributed by atoms with Crippen molar-refractivity contribution in [3.63, 3.8) is 0 Å². The molecule has 0 aliphatic carbocycles. The van der Waals surface area contributed by atoms with Crippen molar-refractivity contribution < 1.29 is 9.53 Å². The third-order valence-electron chi connectivity index (χ3n) is 1.52. The quantitative estimate of drug-likeness (QED) is 0.464. The van der Waals surface area contributed by atoms with E-state index in [0.29, 0.717) is 5.02 Å². The normalized spacial score (nSPS) is 11.3. The Morgan fingerprint density at radius 2 is 1.94 bits per heavy atom. The predicted molar refractivity (Wildman–Crippen MR) is 76.3 cm³/mol. The Balaban J connectivity index is 2.74. The monoisotopic (exact) mass is 452 g/mol. The van der Waals surface area contributed by atoms with Crippen molar-refractivity contribution in [1.82, 2.24) is 0 Å². The lowest BCUT2D eigenvalue weighted by molar-refractivity contribution is 0.0521. The molecule has 0 radical (unpaired) electrons. The summed E-state index contributed by atoms with van der Waals surface area (Å²) in [6, 6.07) is 4.59. The summed E-state index contributed by atoms with van der Waals surface area (Å²) < 4.78 is 4.38. The van der Waals surface area contributed by atoms with Gasteiger partial charge in [-0.15, -0.1) is 0 Å². The van der Waals surface area contributed by atoms with E-state index in [9.17, 15) is 4.79 Å². The number of halogens is 5. The maximum Gasteiger partial charge on any atom is 0.339 e. The first-order valence-corrected chi connectivity index (χ1v) is 7.12. The number of rotatable bonds is 2. The van der Waals surface area contributed by atoms with Gasteiger partial charge in [0.1, 0.15) is 6.61 Å². The molecule has 0 saturated carbocycles. The van der Waals surface area contributed by atoms with Gasteiger partial charge < -0.3 is 4.74 Å². The summed E-state index contributed by atoms with van der Waals surface area (Å²) in [5.41, 5.74) is 0.280. The van der Waals surface area contributed by atoms with Gasteiger partial charge in [-0.2, -0.15) is 0 Å². The van der Waals surface area contributed by atoms with E-state index in [1.165, 1.54) is 12.1 Å². The van der Waals surface area contributed by atoms with E-state index in [0.717, 1.165) is 0 Å². The van der Waals surface area contributed by atoms with Crippen LogP contribution in [0, 0.1) is 0 Å². The second-order valence-corrected chi connectivity index (χ2v) is 10.9. The van der Waals surface area contributed by atoms with E-state index in [-0.39, 0.29) is 17.2 Å². The molecule has 0 amide bonds. The summed E-state index contributed by atoms with van der Waals surface area (Å²) in [4.78, 5) is 11.6. The van der Waals surface area contributed by atoms with Crippen LogP contribution in [0.3, 0.4) is 0 Å². The van der Waals surface area contributed by atoms with Gasteiger partial charge in [0, 0.05) is 5.02 Å². The highest BCUT2D eigenvalue weighted by atomic mass is 80.0. The molecule has 2 nitrogen and oxygen atoms in total. The molecular formula is C9H5Br3Cl2O2. The fraction of sp³-hybridized carbons (Fsp3) is 0.222. The van der Waals surface area contributed by atoms with Crippen LogP contribution in [0.5, 0.6) is 0 Å². The smallest absolute Gasteiger partial charge is 0.339 e. The highest BCUT2D eigenvalue weighted by molar-refractivity contribution is 9.39. The van der Waals surface area contributed by atoms with Crippen molar-refractivity contribution in [1.29, 1.82) is 0 Å². The molecule has 0 aliphatic rings. The highest BCUT2D eigenvalue weighted by Gasteiger charge is 2.21. The standard InChI is InChI=1S/C9H5Br3Cl2O2/c10-9(11,12)4-16-8(15)6-2-1-5(13)3-7(6)14/h1-3H,4H2. The first-order valence-electron chi connectivity index (χ1n) is 3.98. The first-order chi connectivity index (χ1) is 7.29. The Morgan fingerprint density at radius 1 is 1.31 bits per heavy atom. The summed E-state index contributed by atoms with van der Waals surface area (Å²) in [6.45, 7) is 0.102. The van der Waals surface area contributed by atoms with Crippen molar-refractivity contribution in [3.05, 3.63) is 33.8 Å². The molecule has 88 valence electrons. The van der Waals surface area contributed by atoms with Crippen LogP contribution >= 0.6 is 71.0 Å². The van der Waals surface area contributed by atoms with E-state index in [4.69, 9.17) is 27.9 Å². The Hall–Kier alpha value is 0.710. The van der Waals surface area contributed by atoms with Crippen molar-refractivity contribution >= 4 is 77.0 Å². The molecule has 7 heteroatoms. The minimum atomic E-state index is -0.623. The largest absolute Gasteiger partial charge is 0.459 e. The van der Waals surface area contributed by atoms with Crippen LogP contribution in [0.1, 0.15) is 10.4 Å². The van der Waals surface area contributed by atoms with Crippen molar-refractivity contribution in [2.45, 2.75) is 2.14 Å². The molecule has 0 atom stereocenters. The average molecular weight is 456 g/mol. The molecule has 0 unspecified atom stereocenters. The summed E-state index contributed by atoms with van der Waals surface area (Å²) in [5.74, 6) is -0.510. The molecule has 0 aliphatic heterocycles. The Kier molecular flexibility index (Phi) is 5.58. The molecule has 1 rings (SSSR count). The molecule has 0 spiro atoms. The van der Waals surface area contributed by atoms with E-state index < -0.39 is 8.11 Å². The minimum Gasteiger partial charge on any atom is -0.459 e. The van der Waals surface area contributed by atoms with E-state index in [1.54, 1.807) is 6.07 Å². The van der Waals surface area contributed by atoms with Crippen LogP contribution in [0.4, 0.5) is 0 Å². The third-order valence-corrected chi connectivity index (χ3v) is 2.75. The summed E-state index contributed by atoms with van der Waals surface area (Å²) in [6.07, 6.45) is 0. The summed E-state index contributed by atoms with van der Waals surface area (Å²) >= 11 is 21.2. The van der Waals surface area contributed by atoms with E-state index >= 15 is 0 Å². The SMILES string of the molecule is O=C(OCC(Br)(Br)Br)c1ccc(Cl)cc1Cl. The van der Waals surface area contributed by atoms with E-state index in [2.05, 4.69) is 47.8 Å². The molecule has 0 aromatic heterocycles. The maximum atomic E-state index is 11.6. The van der Waals surface area contributed by atoms with Crippen LogP contribution in [0.25, 0.3) is 0 Å². The number of hydrogen-bond donors (Lipinski definition) is 0. The van der Waals surface area contributed by atoms with E-state index in [1.807, 2.05) is 0 Å². The van der Waals surface area contributed by atoms with Gasteiger partial charge in [0.25, 0.3) is 0 Å². The van der Waals surface area contributed by atoms with Crippen molar-refractivity contribution in [3.8, 4) is 0 Å². The number of esters is 1. The summed E-state index contributed by atoms with van der Waals surface area (Å²) in [5, 5.41) is 0.735. The van der Waals surface area contributed by atoms with Crippen LogP contribution in [-0.4, -0.2) is 14.7 Å². The van der Waals surface area contributed by atoms with Gasteiger partial charge in [0.2, 0.25) is 0 Å². The number of ether oxygens (including phenoxy) is 1. The molecule has 1 aromatic rings. The van der Waals surface area contributed by atoms with Gasteiger partial charge in [0.15, 0.2) is 2.14 Å².